The monoisotopic (exact) mass is 341 g/mol. The Bertz CT molecular complexity index is 929. The van der Waals surface area contributed by atoms with E-state index in [0.29, 0.717) is 27.8 Å². The first-order chi connectivity index (χ1) is 12.0. The van der Waals surface area contributed by atoms with Crippen molar-refractivity contribution in [1.29, 1.82) is 0 Å². The third-order valence-electron chi connectivity index (χ3n) is 3.88. The lowest BCUT2D eigenvalue weighted by Gasteiger charge is -2.15. The highest BCUT2D eigenvalue weighted by molar-refractivity contribution is 5.96. The number of non-ortho nitro benzene ring substituents is 1. The number of nitrogens with zero attached hydrogens (tertiary/aromatic N) is 2. The van der Waals surface area contributed by atoms with E-state index in [9.17, 15) is 19.6 Å². The molecule has 3 rings (SSSR count). The third-order valence-corrected chi connectivity index (χ3v) is 3.88. The number of hydrogen-bond acceptors (Lipinski definition) is 5. The maximum absolute atomic E-state index is 13.0. The molecule has 25 heavy (non-hydrogen) atoms. The van der Waals surface area contributed by atoms with Gasteiger partial charge in [-0.05, 0) is 30.7 Å². The van der Waals surface area contributed by atoms with Crippen LogP contribution in [0.1, 0.15) is 17.4 Å². The molecular formula is C18H16FN3O3. The van der Waals surface area contributed by atoms with Gasteiger partial charge in [0.25, 0.3) is 5.69 Å². The average Bonchev–Trinajstić information content (AvgIpc) is 2.59. The number of pyridine rings is 1. The molecule has 0 amide bonds. The molecule has 1 aromatic heterocycles. The largest absolute Gasteiger partial charge is 0.387 e. The van der Waals surface area contributed by atoms with Crippen LogP contribution in [0.4, 0.5) is 15.8 Å². The van der Waals surface area contributed by atoms with Gasteiger partial charge in [0.15, 0.2) is 5.52 Å². The number of benzene rings is 2. The number of nitro groups is 1. The Hall–Kier alpha value is -3.06. The van der Waals surface area contributed by atoms with E-state index in [1.807, 2.05) is 0 Å². The van der Waals surface area contributed by atoms with E-state index < -0.39 is 11.0 Å². The zero-order chi connectivity index (χ0) is 18.0. The standard InChI is InChI=1S/C18H16FN3O3/c1-11-9-15(14-3-2-4-16(22(24)25)18(14)21-11)20-10-17(23)12-5-7-13(19)8-6-12/h2-9,17,23H,10H2,1H3,(H,20,21). The fraction of sp³-hybridized carbons (Fsp3) is 0.167. The Balaban J connectivity index is 1.89. The van der Waals surface area contributed by atoms with E-state index in [2.05, 4.69) is 10.3 Å². The zero-order valence-electron chi connectivity index (χ0n) is 13.4. The summed E-state index contributed by atoms with van der Waals surface area (Å²) in [7, 11) is 0. The van der Waals surface area contributed by atoms with Gasteiger partial charge < -0.3 is 10.4 Å². The minimum atomic E-state index is -0.845. The minimum Gasteiger partial charge on any atom is -0.387 e. The molecule has 0 aliphatic rings. The molecule has 6 nitrogen and oxygen atoms in total. The molecule has 7 heteroatoms. The number of halogens is 1. The van der Waals surface area contributed by atoms with E-state index >= 15 is 0 Å². The van der Waals surface area contributed by atoms with Crippen molar-refractivity contribution in [2.75, 3.05) is 11.9 Å². The van der Waals surface area contributed by atoms with Crippen LogP contribution >= 0.6 is 0 Å². The minimum absolute atomic E-state index is 0.0664. The number of nitro benzene ring substituents is 1. The lowest BCUT2D eigenvalue weighted by Crippen LogP contribution is -2.12. The lowest BCUT2D eigenvalue weighted by molar-refractivity contribution is -0.383. The summed E-state index contributed by atoms with van der Waals surface area (Å²) in [4.78, 5) is 15.0. The van der Waals surface area contributed by atoms with Gasteiger partial charge in [0.1, 0.15) is 5.82 Å². The first-order valence-electron chi connectivity index (χ1n) is 7.68. The predicted molar refractivity (Wildman–Crippen MR) is 93.0 cm³/mol. The number of anilines is 1. The molecule has 2 aromatic carbocycles. The number of aliphatic hydroxyl groups is 1. The SMILES string of the molecule is Cc1cc(NCC(O)c2ccc(F)cc2)c2cccc([N+](=O)[O-])c2n1. The molecule has 3 aromatic rings. The summed E-state index contributed by atoms with van der Waals surface area (Å²) in [6, 6.07) is 12.1. The Labute approximate surface area is 143 Å². The van der Waals surface area contributed by atoms with Crippen molar-refractivity contribution in [2.45, 2.75) is 13.0 Å². The Morgan fingerprint density at radius 2 is 2.00 bits per heavy atom. The van der Waals surface area contributed by atoms with Crippen LogP contribution < -0.4 is 5.32 Å². The van der Waals surface area contributed by atoms with Crippen LogP contribution in [0.2, 0.25) is 0 Å². The van der Waals surface area contributed by atoms with Crippen LogP contribution in [0.25, 0.3) is 10.9 Å². The quantitative estimate of drug-likeness (QED) is 0.545. The summed E-state index contributed by atoms with van der Waals surface area (Å²) in [6.45, 7) is 1.92. The van der Waals surface area contributed by atoms with Gasteiger partial charge in [-0.2, -0.15) is 0 Å². The smallest absolute Gasteiger partial charge is 0.295 e. The number of nitrogens with one attached hydrogen (secondary N) is 1. The number of aryl methyl sites for hydroxylation is 1. The first-order valence-corrected chi connectivity index (χ1v) is 7.68. The van der Waals surface area contributed by atoms with Gasteiger partial charge in [0.05, 0.1) is 11.0 Å². The zero-order valence-corrected chi connectivity index (χ0v) is 13.4. The van der Waals surface area contributed by atoms with Crippen molar-refractivity contribution in [3.05, 3.63) is 75.7 Å². The maximum Gasteiger partial charge on any atom is 0.295 e. The van der Waals surface area contributed by atoms with Crippen LogP contribution in [-0.2, 0) is 0 Å². The highest BCUT2D eigenvalue weighted by Crippen LogP contribution is 2.30. The summed E-state index contributed by atoms with van der Waals surface area (Å²) in [5, 5.41) is 25.1. The van der Waals surface area contributed by atoms with Crippen molar-refractivity contribution in [1.82, 2.24) is 4.98 Å². The van der Waals surface area contributed by atoms with Gasteiger partial charge in [-0.15, -0.1) is 0 Å². The predicted octanol–water partition coefficient (Wildman–Crippen LogP) is 3.74. The summed E-state index contributed by atoms with van der Waals surface area (Å²) in [5.41, 5.74) is 2.08. The highest BCUT2D eigenvalue weighted by Gasteiger charge is 2.16. The number of rotatable bonds is 5. The Morgan fingerprint density at radius 1 is 1.28 bits per heavy atom. The van der Waals surface area contributed by atoms with E-state index in [-0.39, 0.29) is 18.0 Å². The molecule has 0 saturated carbocycles. The molecule has 0 aliphatic heterocycles. The van der Waals surface area contributed by atoms with Crippen molar-refractivity contribution in [3.8, 4) is 0 Å². The number of aliphatic hydroxyl groups excluding tert-OH is 1. The summed E-state index contributed by atoms with van der Waals surface area (Å²) >= 11 is 0. The summed E-state index contributed by atoms with van der Waals surface area (Å²) in [5.74, 6) is -0.369. The lowest BCUT2D eigenvalue weighted by atomic mass is 10.1. The summed E-state index contributed by atoms with van der Waals surface area (Å²) in [6.07, 6.45) is -0.845. The topological polar surface area (TPSA) is 88.3 Å². The van der Waals surface area contributed by atoms with E-state index in [1.54, 1.807) is 25.1 Å². The summed E-state index contributed by atoms with van der Waals surface area (Å²) < 4.78 is 13.0. The number of fused-ring (bicyclic) bond motifs is 1. The molecular weight excluding hydrogens is 325 g/mol. The molecule has 0 spiro atoms. The van der Waals surface area contributed by atoms with E-state index in [1.165, 1.54) is 30.3 Å². The molecule has 128 valence electrons. The van der Waals surface area contributed by atoms with Crippen molar-refractivity contribution in [3.63, 3.8) is 0 Å². The maximum atomic E-state index is 13.0. The van der Waals surface area contributed by atoms with Gasteiger partial charge >= 0.3 is 0 Å². The second kappa shape index (κ2) is 6.82. The average molecular weight is 341 g/mol. The second-order valence-electron chi connectivity index (χ2n) is 5.69. The molecule has 0 fully saturated rings. The fourth-order valence-corrected chi connectivity index (χ4v) is 2.66. The van der Waals surface area contributed by atoms with E-state index in [0.717, 1.165) is 0 Å². The molecule has 0 radical (unpaired) electrons. The third kappa shape index (κ3) is 3.56. The van der Waals surface area contributed by atoms with Crippen molar-refractivity contribution < 1.29 is 14.4 Å². The van der Waals surface area contributed by atoms with Crippen LogP contribution in [0.5, 0.6) is 0 Å². The van der Waals surface area contributed by atoms with Crippen LogP contribution in [0.15, 0.2) is 48.5 Å². The van der Waals surface area contributed by atoms with Gasteiger partial charge in [-0.25, -0.2) is 9.37 Å². The second-order valence-corrected chi connectivity index (χ2v) is 5.69. The van der Waals surface area contributed by atoms with Crippen LogP contribution in [-0.4, -0.2) is 21.6 Å². The fourth-order valence-electron chi connectivity index (χ4n) is 2.66. The molecule has 1 atom stereocenters. The number of para-hydroxylation sites is 1. The Morgan fingerprint density at radius 3 is 2.68 bits per heavy atom. The van der Waals surface area contributed by atoms with Crippen LogP contribution in [0, 0.1) is 22.9 Å². The Kier molecular flexibility index (Phi) is 4.58. The first kappa shape index (κ1) is 16.8. The molecule has 0 saturated heterocycles. The molecule has 0 aliphatic carbocycles. The number of aromatic nitrogens is 1. The normalized spacial score (nSPS) is 12.1. The van der Waals surface area contributed by atoms with Gasteiger partial charge in [0.2, 0.25) is 0 Å². The number of hydrogen-bond donors (Lipinski definition) is 2. The van der Waals surface area contributed by atoms with Crippen molar-refractivity contribution in [2.24, 2.45) is 0 Å². The van der Waals surface area contributed by atoms with Crippen molar-refractivity contribution >= 4 is 22.3 Å². The molecule has 2 N–H and O–H groups in total. The highest BCUT2D eigenvalue weighted by atomic mass is 19.1. The van der Waals surface area contributed by atoms with E-state index in [4.69, 9.17) is 0 Å². The van der Waals surface area contributed by atoms with Gasteiger partial charge in [0, 0.05) is 29.4 Å². The molecule has 0 bridgehead atoms. The van der Waals surface area contributed by atoms with Gasteiger partial charge in [-0.3, -0.25) is 10.1 Å². The van der Waals surface area contributed by atoms with Crippen LogP contribution in [0.3, 0.4) is 0 Å². The molecule has 1 heterocycles. The molecule has 1 unspecified atom stereocenters. The van der Waals surface area contributed by atoms with Gasteiger partial charge in [-0.1, -0.05) is 24.3 Å².